The lowest BCUT2D eigenvalue weighted by atomic mass is 10.1. The van der Waals surface area contributed by atoms with E-state index in [2.05, 4.69) is 22.3 Å². The van der Waals surface area contributed by atoms with Crippen molar-refractivity contribution in [3.63, 3.8) is 0 Å². The van der Waals surface area contributed by atoms with Crippen molar-refractivity contribution in [3.8, 4) is 5.75 Å². The summed E-state index contributed by atoms with van der Waals surface area (Å²) in [5, 5.41) is 8.03. The van der Waals surface area contributed by atoms with Crippen molar-refractivity contribution < 1.29 is 13.9 Å². The number of rotatable bonds is 6. The van der Waals surface area contributed by atoms with Gasteiger partial charge < -0.3 is 14.5 Å². The maximum Gasteiger partial charge on any atom is 0.287 e. The first-order chi connectivity index (χ1) is 12.0. The van der Waals surface area contributed by atoms with Crippen LogP contribution in [0.25, 0.3) is 11.0 Å². The number of nitrogens with zero attached hydrogens (tertiary/aromatic N) is 3. The van der Waals surface area contributed by atoms with Gasteiger partial charge in [-0.2, -0.15) is 5.10 Å². The summed E-state index contributed by atoms with van der Waals surface area (Å²) in [6.07, 6.45) is 2.45. The van der Waals surface area contributed by atoms with Crippen LogP contribution in [0.1, 0.15) is 48.3 Å². The van der Waals surface area contributed by atoms with Crippen LogP contribution in [0.15, 0.2) is 28.9 Å². The summed E-state index contributed by atoms with van der Waals surface area (Å²) >= 11 is 0. The Hall–Kier alpha value is -2.83. The number of ether oxygens (including phenoxy) is 1. The number of fused-ring (bicyclic) bond motifs is 1. The average molecular weight is 342 g/mol. The molecule has 25 heavy (non-hydrogen) atoms. The minimum absolute atomic E-state index is 0.272. The number of hydrogen-bond donors (Lipinski definition) is 1. The summed E-state index contributed by atoms with van der Waals surface area (Å²) in [5.41, 5.74) is 1.43. The highest BCUT2D eigenvalue weighted by Crippen LogP contribution is 2.28. The Morgan fingerprint density at radius 1 is 1.44 bits per heavy atom. The van der Waals surface area contributed by atoms with Crippen molar-refractivity contribution in [3.05, 3.63) is 41.7 Å². The van der Waals surface area contributed by atoms with Gasteiger partial charge in [0.1, 0.15) is 23.5 Å². The lowest BCUT2D eigenvalue weighted by molar-refractivity contribution is 0.0910. The molecule has 1 amide bonds. The fourth-order valence-corrected chi connectivity index (χ4v) is 2.87. The van der Waals surface area contributed by atoms with E-state index >= 15 is 0 Å². The molecule has 0 fully saturated rings. The van der Waals surface area contributed by atoms with Gasteiger partial charge in [0.05, 0.1) is 13.2 Å². The van der Waals surface area contributed by atoms with Crippen LogP contribution in [-0.2, 0) is 6.54 Å². The van der Waals surface area contributed by atoms with Crippen LogP contribution in [0.3, 0.4) is 0 Å². The highest BCUT2D eigenvalue weighted by atomic mass is 16.5. The Bertz CT molecular complexity index is 897. The van der Waals surface area contributed by atoms with E-state index in [1.54, 1.807) is 17.9 Å². The van der Waals surface area contributed by atoms with Crippen molar-refractivity contribution in [2.45, 2.75) is 39.8 Å². The van der Waals surface area contributed by atoms with Crippen LogP contribution >= 0.6 is 0 Å². The number of aromatic nitrogens is 3. The molecule has 132 valence electrons. The van der Waals surface area contributed by atoms with E-state index in [-0.39, 0.29) is 11.9 Å². The van der Waals surface area contributed by atoms with Gasteiger partial charge in [0, 0.05) is 23.6 Å². The predicted octanol–water partition coefficient (Wildman–Crippen LogP) is 3.24. The van der Waals surface area contributed by atoms with E-state index in [0.717, 1.165) is 29.7 Å². The van der Waals surface area contributed by atoms with E-state index in [4.69, 9.17) is 9.15 Å². The number of benzene rings is 1. The zero-order chi connectivity index (χ0) is 18.0. The number of furan rings is 1. The Morgan fingerprint density at radius 3 is 2.96 bits per heavy atom. The molecule has 0 aliphatic heterocycles. The van der Waals surface area contributed by atoms with Gasteiger partial charge in [0.25, 0.3) is 5.91 Å². The number of nitrogens with one attached hydrogen (secondary N) is 1. The molecule has 1 atom stereocenters. The van der Waals surface area contributed by atoms with Crippen LogP contribution in [0, 0.1) is 6.92 Å². The molecule has 3 aromatic rings. The number of hydrogen-bond acceptors (Lipinski definition) is 5. The second-order valence-corrected chi connectivity index (χ2v) is 5.95. The van der Waals surface area contributed by atoms with Crippen LogP contribution in [0.4, 0.5) is 0 Å². The minimum atomic E-state index is -0.274. The molecular weight excluding hydrogens is 320 g/mol. The van der Waals surface area contributed by atoms with Gasteiger partial charge in [-0.05, 0) is 32.4 Å². The fraction of sp³-hybridized carbons (Fsp3) is 0.389. The summed E-state index contributed by atoms with van der Waals surface area (Å²) in [6, 6.07) is 5.25. The second kappa shape index (κ2) is 6.96. The molecule has 2 heterocycles. The maximum absolute atomic E-state index is 12.7. The first-order valence-electron chi connectivity index (χ1n) is 8.30. The van der Waals surface area contributed by atoms with Gasteiger partial charge in [-0.3, -0.25) is 4.79 Å². The quantitative estimate of drug-likeness (QED) is 0.743. The molecular formula is C18H22N4O3. The first-order valence-corrected chi connectivity index (χ1v) is 8.30. The second-order valence-electron chi connectivity index (χ2n) is 5.95. The lowest BCUT2D eigenvalue weighted by Crippen LogP contribution is -2.29. The molecule has 7 nitrogen and oxygen atoms in total. The van der Waals surface area contributed by atoms with E-state index in [1.807, 2.05) is 26.0 Å². The Morgan fingerprint density at radius 2 is 2.24 bits per heavy atom. The van der Waals surface area contributed by atoms with E-state index in [1.165, 1.54) is 6.33 Å². The predicted molar refractivity (Wildman–Crippen MR) is 93.7 cm³/mol. The summed E-state index contributed by atoms with van der Waals surface area (Å²) in [7, 11) is 1.60. The maximum atomic E-state index is 12.7. The summed E-state index contributed by atoms with van der Waals surface area (Å²) in [5.74, 6) is 1.45. The molecule has 0 saturated carbocycles. The van der Waals surface area contributed by atoms with Crippen molar-refractivity contribution in [1.29, 1.82) is 0 Å². The van der Waals surface area contributed by atoms with Crippen molar-refractivity contribution >= 4 is 16.9 Å². The van der Waals surface area contributed by atoms with E-state index < -0.39 is 0 Å². The number of carbonyl (C=O) groups is 1. The van der Waals surface area contributed by atoms with Gasteiger partial charge in [-0.25, -0.2) is 9.67 Å². The van der Waals surface area contributed by atoms with Gasteiger partial charge in [-0.1, -0.05) is 6.92 Å². The lowest BCUT2D eigenvalue weighted by Gasteiger charge is -2.13. The molecule has 2 aromatic heterocycles. The SMILES string of the molecule is CCCn1ncnc1C(C)NC(=O)c1oc2cc(OC)ccc2c1C. The summed E-state index contributed by atoms with van der Waals surface area (Å²) in [6.45, 7) is 6.59. The van der Waals surface area contributed by atoms with Crippen LogP contribution in [-0.4, -0.2) is 27.8 Å². The molecule has 1 unspecified atom stereocenters. The van der Waals surface area contributed by atoms with Crippen LogP contribution in [0.5, 0.6) is 5.75 Å². The number of carbonyl (C=O) groups excluding carboxylic acids is 1. The van der Waals surface area contributed by atoms with Crippen molar-refractivity contribution in [2.24, 2.45) is 0 Å². The molecule has 0 aliphatic carbocycles. The average Bonchev–Trinajstić information content (AvgIpc) is 3.19. The summed E-state index contributed by atoms with van der Waals surface area (Å²) in [4.78, 5) is 16.9. The third-order valence-electron chi connectivity index (χ3n) is 4.17. The Labute approximate surface area is 146 Å². The molecule has 0 aliphatic rings. The largest absolute Gasteiger partial charge is 0.497 e. The number of aryl methyl sites for hydroxylation is 2. The number of amides is 1. The zero-order valence-electron chi connectivity index (χ0n) is 14.9. The highest BCUT2D eigenvalue weighted by Gasteiger charge is 2.22. The highest BCUT2D eigenvalue weighted by molar-refractivity contribution is 5.99. The minimum Gasteiger partial charge on any atom is -0.497 e. The third kappa shape index (κ3) is 3.22. The van der Waals surface area contributed by atoms with Gasteiger partial charge in [-0.15, -0.1) is 0 Å². The molecule has 0 spiro atoms. The van der Waals surface area contributed by atoms with Crippen LogP contribution < -0.4 is 10.1 Å². The fourth-order valence-electron chi connectivity index (χ4n) is 2.87. The molecule has 3 rings (SSSR count). The Kier molecular flexibility index (Phi) is 4.74. The van der Waals surface area contributed by atoms with Gasteiger partial charge >= 0.3 is 0 Å². The Balaban J connectivity index is 1.84. The smallest absolute Gasteiger partial charge is 0.287 e. The van der Waals surface area contributed by atoms with Crippen molar-refractivity contribution in [1.82, 2.24) is 20.1 Å². The standard InChI is InChI=1S/C18H22N4O3/c1-5-8-22-17(19-10-20-22)12(3)21-18(23)16-11(2)14-7-6-13(24-4)9-15(14)25-16/h6-7,9-10,12H,5,8H2,1-4H3,(H,21,23). The molecule has 1 N–H and O–H groups in total. The van der Waals surface area contributed by atoms with Gasteiger partial charge in [0.2, 0.25) is 0 Å². The molecule has 0 bridgehead atoms. The van der Waals surface area contributed by atoms with E-state index in [9.17, 15) is 4.79 Å². The zero-order valence-corrected chi connectivity index (χ0v) is 14.9. The number of methoxy groups -OCH3 is 1. The van der Waals surface area contributed by atoms with Gasteiger partial charge in [0.15, 0.2) is 5.76 Å². The van der Waals surface area contributed by atoms with Crippen LogP contribution in [0.2, 0.25) is 0 Å². The molecule has 7 heteroatoms. The first kappa shape index (κ1) is 17.0. The van der Waals surface area contributed by atoms with Crippen molar-refractivity contribution in [2.75, 3.05) is 7.11 Å². The monoisotopic (exact) mass is 342 g/mol. The molecule has 0 saturated heterocycles. The summed E-state index contributed by atoms with van der Waals surface area (Å²) < 4.78 is 12.8. The topological polar surface area (TPSA) is 82.2 Å². The molecule has 0 radical (unpaired) electrons. The normalized spacial score (nSPS) is 12.3. The molecule has 1 aromatic carbocycles. The third-order valence-corrected chi connectivity index (χ3v) is 4.17. The van der Waals surface area contributed by atoms with E-state index in [0.29, 0.717) is 17.1 Å².